The van der Waals surface area contributed by atoms with E-state index in [0.717, 1.165) is 16.9 Å². The largest absolute Gasteiger partial charge is 0.397 e. The van der Waals surface area contributed by atoms with Crippen molar-refractivity contribution in [3.63, 3.8) is 0 Å². The van der Waals surface area contributed by atoms with E-state index in [1.807, 2.05) is 53.1 Å². The van der Waals surface area contributed by atoms with Crippen molar-refractivity contribution in [3.05, 3.63) is 53.8 Å². The first-order valence-electron chi connectivity index (χ1n) is 5.25. The molecule has 17 heavy (non-hydrogen) atoms. The van der Waals surface area contributed by atoms with E-state index in [2.05, 4.69) is 4.98 Å². The van der Waals surface area contributed by atoms with E-state index in [9.17, 15) is 0 Å². The molecule has 0 aliphatic carbocycles. The lowest BCUT2D eigenvalue weighted by Crippen LogP contribution is -1.92. The summed E-state index contributed by atoms with van der Waals surface area (Å²) >= 11 is 6.12. The van der Waals surface area contributed by atoms with Crippen molar-refractivity contribution in [2.24, 2.45) is 0 Å². The van der Waals surface area contributed by atoms with Gasteiger partial charge in [-0.25, -0.2) is 4.98 Å². The number of halogens is 1. The van der Waals surface area contributed by atoms with Crippen LogP contribution in [0.5, 0.6) is 0 Å². The summed E-state index contributed by atoms with van der Waals surface area (Å²) in [4.78, 5) is 4.37. The molecular weight excluding hydrogens is 234 g/mol. The second-order valence-electron chi connectivity index (χ2n) is 3.77. The van der Waals surface area contributed by atoms with E-state index < -0.39 is 0 Å². The van der Waals surface area contributed by atoms with Crippen LogP contribution in [0.3, 0.4) is 0 Å². The number of imidazole rings is 1. The van der Waals surface area contributed by atoms with Gasteiger partial charge < -0.3 is 5.73 Å². The number of nitrogens with two attached hydrogens (primary N) is 1. The molecule has 0 amide bonds. The van der Waals surface area contributed by atoms with Gasteiger partial charge in [0.1, 0.15) is 11.3 Å². The van der Waals surface area contributed by atoms with E-state index in [0.29, 0.717) is 10.8 Å². The number of aromatic nitrogens is 2. The Kier molecular flexibility index (Phi) is 2.27. The van der Waals surface area contributed by atoms with Gasteiger partial charge in [-0.15, -0.1) is 0 Å². The molecule has 84 valence electrons. The van der Waals surface area contributed by atoms with Crippen LogP contribution in [-0.4, -0.2) is 9.38 Å². The van der Waals surface area contributed by atoms with Gasteiger partial charge in [0.25, 0.3) is 0 Å². The number of anilines is 1. The first-order chi connectivity index (χ1) is 8.27. The van der Waals surface area contributed by atoms with E-state index in [4.69, 9.17) is 17.3 Å². The molecule has 0 unspecified atom stereocenters. The smallest absolute Gasteiger partial charge is 0.157 e. The Balaban J connectivity index is 2.36. The molecule has 0 aliphatic rings. The second-order valence-corrected chi connectivity index (χ2v) is 4.13. The van der Waals surface area contributed by atoms with Crippen LogP contribution >= 0.6 is 11.6 Å². The Morgan fingerprint density at radius 1 is 1.06 bits per heavy atom. The molecule has 3 nitrogen and oxygen atoms in total. The average Bonchev–Trinajstić information content (AvgIpc) is 2.69. The minimum absolute atomic E-state index is 0.432. The third kappa shape index (κ3) is 1.56. The van der Waals surface area contributed by atoms with Gasteiger partial charge in [0.05, 0.1) is 5.69 Å². The number of pyridine rings is 1. The molecule has 0 saturated carbocycles. The maximum absolute atomic E-state index is 6.12. The van der Waals surface area contributed by atoms with Gasteiger partial charge in [0.2, 0.25) is 0 Å². The maximum atomic E-state index is 6.12. The summed E-state index contributed by atoms with van der Waals surface area (Å²) in [6.07, 6.45) is 1.91. The van der Waals surface area contributed by atoms with Gasteiger partial charge in [-0.05, 0) is 12.1 Å². The molecule has 0 saturated heterocycles. The number of rotatable bonds is 1. The summed E-state index contributed by atoms with van der Waals surface area (Å²) in [6.45, 7) is 0. The predicted octanol–water partition coefficient (Wildman–Crippen LogP) is 3.24. The average molecular weight is 244 g/mol. The van der Waals surface area contributed by atoms with Crippen molar-refractivity contribution in [1.82, 2.24) is 9.38 Å². The van der Waals surface area contributed by atoms with Gasteiger partial charge in [-0.2, -0.15) is 0 Å². The van der Waals surface area contributed by atoms with E-state index >= 15 is 0 Å². The number of hydrogen-bond donors (Lipinski definition) is 1. The van der Waals surface area contributed by atoms with Gasteiger partial charge in [0, 0.05) is 11.8 Å². The first kappa shape index (κ1) is 10.2. The van der Waals surface area contributed by atoms with E-state index in [1.165, 1.54) is 0 Å². The van der Waals surface area contributed by atoms with Gasteiger partial charge in [-0.1, -0.05) is 41.9 Å². The standard InChI is InChI=1S/C13H10ClN3/c14-12-11-10(15)7-4-8-17(11)13(16-12)9-5-2-1-3-6-9/h1-8H,15H2. The summed E-state index contributed by atoms with van der Waals surface area (Å²) in [5.41, 5.74) is 8.31. The molecule has 3 rings (SSSR count). The van der Waals surface area contributed by atoms with Crippen LogP contribution in [-0.2, 0) is 0 Å². The van der Waals surface area contributed by atoms with Crippen LogP contribution in [0.2, 0.25) is 5.15 Å². The minimum Gasteiger partial charge on any atom is -0.397 e. The lowest BCUT2D eigenvalue weighted by molar-refractivity contribution is 1.16. The fourth-order valence-electron chi connectivity index (χ4n) is 1.91. The van der Waals surface area contributed by atoms with Gasteiger partial charge in [0.15, 0.2) is 5.15 Å². The first-order valence-corrected chi connectivity index (χ1v) is 5.62. The van der Waals surface area contributed by atoms with Crippen LogP contribution in [0.15, 0.2) is 48.7 Å². The monoisotopic (exact) mass is 243 g/mol. The highest BCUT2D eigenvalue weighted by Crippen LogP contribution is 2.28. The molecule has 1 aromatic carbocycles. The number of nitrogens with zero attached hydrogens (tertiary/aromatic N) is 2. The third-order valence-corrected chi connectivity index (χ3v) is 2.95. The fourth-order valence-corrected chi connectivity index (χ4v) is 2.19. The topological polar surface area (TPSA) is 43.3 Å². The highest BCUT2D eigenvalue weighted by atomic mass is 35.5. The fraction of sp³-hybridized carbons (Fsp3) is 0. The van der Waals surface area contributed by atoms with Crippen LogP contribution < -0.4 is 5.73 Å². The SMILES string of the molecule is Nc1cccn2c(-c3ccccc3)nc(Cl)c12. The van der Waals surface area contributed by atoms with Crippen molar-refractivity contribution in [2.75, 3.05) is 5.73 Å². The second kappa shape index (κ2) is 3.79. The summed E-state index contributed by atoms with van der Waals surface area (Å²) in [5, 5.41) is 0.432. The van der Waals surface area contributed by atoms with Crippen molar-refractivity contribution >= 4 is 22.8 Å². The normalized spacial score (nSPS) is 10.9. The lowest BCUT2D eigenvalue weighted by atomic mass is 10.2. The van der Waals surface area contributed by atoms with Crippen LogP contribution in [0, 0.1) is 0 Å². The van der Waals surface area contributed by atoms with Crippen molar-refractivity contribution in [2.45, 2.75) is 0 Å². The Morgan fingerprint density at radius 2 is 1.82 bits per heavy atom. The molecule has 2 heterocycles. The quantitative estimate of drug-likeness (QED) is 0.713. The molecule has 2 N–H and O–H groups in total. The summed E-state index contributed by atoms with van der Waals surface area (Å²) in [7, 11) is 0. The van der Waals surface area contributed by atoms with Crippen molar-refractivity contribution in [3.8, 4) is 11.4 Å². The Labute approximate surface area is 103 Å². The third-order valence-electron chi connectivity index (χ3n) is 2.68. The molecule has 4 heteroatoms. The highest BCUT2D eigenvalue weighted by molar-refractivity contribution is 6.33. The highest BCUT2D eigenvalue weighted by Gasteiger charge is 2.12. The van der Waals surface area contributed by atoms with Crippen LogP contribution in [0.25, 0.3) is 16.9 Å². The van der Waals surface area contributed by atoms with E-state index in [1.54, 1.807) is 0 Å². The maximum Gasteiger partial charge on any atom is 0.157 e. The van der Waals surface area contributed by atoms with Crippen molar-refractivity contribution in [1.29, 1.82) is 0 Å². The molecular formula is C13H10ClN3. The summed E-state index contributed by atoms with van der Waals surface area (Å²) < 4.78 is 1.91. The molecule has 2 aromatic heterocycles. The molecule has 0 fully saturated rings. The zero-order valence-corrected chi connectivity index (χ0v) is 9.72. The zero-order valence-electron chi connectivity index (χ0n) is 8.97. The molecule has 0 atom stereocenters. The minimum atomic E-state index is 0.432. The number of benzene rings is 1. The number of nitrogen functional groups attached to an aromatic ring is 1. The molecule has 0 aliphatic heterocycles. The van der Waals surface area contributed by atoms with Gasteiger partial charge >= 0.3 is 0 Å². The number of fused-ring (bicyclic) bond motifs is 1. The Bertz CT molecular complexity index is 674. The summed E-state index contributed by atoms with van der Waals surface area (Å²) in [6, 6.07) is 13.6. The molecule has 0 radical (unpaired) electrons. The zero-order chi connectivity index (χ0) is 11.8. The predicted molar refractivity (Wildman–Crippen MR) is 70.1 cm³/mol. The lowest BCUT2D eigenvalue weighted by Gasteiger charge is -2.02. The van der Waals surface area contributed by atoms with E-state index in [-0.39, 0.29) is 0 Å². The van der Waals surface area contributed by atoms with Crippen LogP contribution in [0.4, 0.5) is 5.69 Å². The molecule has 3 aromatic rings. The Morgan fingerprint density at radius 3 is 2.59 bits per heavy atom. The number of hydrogen-bond acceptors (Lipinski definition) is 2. The summed E-state index contributed by atoms with van der Waals surface area (Å²) in [5.74, 6) is 0.804. The van der Waals surface area contributed by atoms with Crippen molar-refractivity contribution < 1.29 is 0 Å². The molecule has 0 spiro atoms. The molecule has 0 bridgehead atoms. The Hall–Kier alpha value is -2.00. The van der Waals surface area contributed by atoms with Crippen LogP contribution in [0.1, 0.15) is 0 Å². The van der Waals surface area contributed by atoms with Gasteiger partial charge in [-0.3, -0.25) is 4.40 Å².